The number of benzene rings is 1. The molecule has 84 valence electrons. The summed E-state index contributed by atoms with van der Waals surface area (Å²) < 4.78 is 0. The van der Waals surface area contributed by atoms with Crippen molar-refractivity contribution in [2.24, 2.45) is 0 Å². The van der Waals surface area contributed by atoms with E-state index in [0.717, 1.165) is 5.56 Å². The van der Waals surface area contributed by atoms with Crippen molar-refractivity contribution in [2.75, 3.05) is 6.54 Å². The summed E-state index contributed by atoms with van der Waals surface area (Å²) in [6.07, 6.45) is 0. The number of imide groups is 1. The number of hydrogen-bond acceptors (Lipinski definition) is 3. The normalized spacial score (nSPS) is 16.2. The highest BCUT2D eigenvalue weighted by atomic mass is 35.5. The maximum absolute atomic E-state index is 11.4. The summed E-state index contributed by atoms with van der Waals surface area (Å²) in [5.74, 6) is -0.327. The Morgan fingerprint density at radius 1 is 1.38 bits per heavy atom. The van der Waals surface area contributed by atoms with Crippen LogP contribution in [0.15, 0.2) is 24.3 Å². The van der Waals surface area contributed by atoms with Gasteiger partial charge in [0.15, 0.2) is 0 Å². The van der Waals surface area contributed by atoms with Gasteiger partial charge in [-0.2, -0.15) is 0 Å². The molecule has 6 heteroatoms. The molecule has 0 radical (unpaired) electrons. The largest absolute Gasteiger partial charge is 0.338 e. The van der Waals surface area contributed by atoms with Crippen molar-refractivity contribution in [3.8, 4) is 0 Å². The highest BCUT2D eigenvalue weighted by Gasteiger charge is 2.22. The number of carbonyl (C=O) groups excluding carboxylic acids is 2. The Morgan fingerprint density at radius 2 is 2.19 bits per heavy atom. The molecule has 1 aromatic carbocycles. The molecule has 0 aliphatic carbocycles. The predicted octanol–water partition coefficient (Wildman–Crippen LogP) is 0.896. The summed E-state index contributed by atoms with van der Waals surface area (Å²) in [7, 11) is 0. The van der Waals surface area contributed by atoms with Crippen LogP contribution in [-0.4, -0.2) is 23.5 Å². The van der Waals surface area contributed by atoms with Crippen LogP contribution in [0.5, 0.6) is 0 Å². The van der Waals surface area contributed by atoms with E-state index in [1.165, 1.54) is 5.01 Å². The first-order valence-corrected chi connectivity index (χ1v) is 5.12. The molecule has 1 aliphatic rings. The van der Waals surface area contributed by atoms with E-state index in [2.05, 4.69) is 10.7 Å². The molecule has 0 aromatic heterocycles. The van der Waals surface area contributed by atoms with Crippen LogP contribution in [-0.2, 0) is 11.3 Å². The molecule has 2 rings (SSSR count). The maximum atomic E-state index is 11.4. The van der Waals surface area contributed by atoms with Gasteiger partial charge >= 0.3 is 6.03 Å². The van der Waals surface area contributed by atoms with Gasteiger partial charge in [-0.15, -0.1) is 0 Å². The van der Waals surface area contributed by atoms with Gasteiger partial charge in [-0.1, -0.05) is 23.7 Å². The van der Waals surface area contributed by atoms with E-state index in [1.807, 2.05) is 12.1 Å². The maximum Gasteiger partial charge on any atom is 0.338 e. The number of carbonyl (C=O) groups is 2. The lowest BCUT2D eigenvalue weighted by Crippen LogP contribution is -2.58. The molecule has 0 spiro atoms. The van der Waals surface area contributed by atoms with Crippen molar-refractivity contribution in [1.29, 1.82) is 0 Å². The summed E-state index contributed by atoms with van der Waals surface area (Å²) in [6, 6.07) is 6.75. The molecule has 1 heterocycles. The minimum absolute atomic E-state index is 0.103. The molecule has 1 aromatic rings. The lowest BCUT2D eigenvalue weighted by Gasteiger charge is -2.27. The molecular weight excluding hydrogens is 230 g/mol. The fourth-order valence-electron chi connectivity index (χ4n) is 1.42. The first kappa shape index (κ1) is 10.9. The monoisotopic (exact) mass is 239 g/mol. The quantitative estimate of drug-likeness (QED) is 0.806. The van der Waals surface area contributed by atoms with E-state index in [1.54, 1.807) is 12.1 Å². The molecule has 3 amide bonds. The number of nitrogens with zero attached hydrogens (tertiary/aromatic N) is 1. The van der Waals surface area contributed by atoms with Crippen LogP contribution in [0, 0.1) is 0 Å². The number of hydrogen-bond donors (Lipinski definition) is 2. The summed E-state index contributed by atoms with van der Waals surface area (Å²) in [6.45, 7) is 0.464. The van der Waals surface area contributed by atoms with Crippen LogP contribution in [0.4, 0.5) is 4.79 Å². The summed E-state index contributed by atoms with van der Waals surface area (Å²) in [4.78, 5) is 22.3. The fraction of sp³-hybridized carbons (Fsp3) is 0.200. The molecule has 1 aliphatic heterocycles. The summed E-state index contributed by atoms with van der Waals surface area (Å²) >= 11 is 5.83. The first-order valence-electron chi connectivity index (χ1n) is 4.74. The van der Waals surface area contributed by atoms with Crippen LogP contribution in [0.1, 0.15) is 5.56 Å². The van der Waals surface area contributed by atoms with Crippen molar-refractivity contribution in [3.63, 3.8) is 0 Å². The Balaban J connectivity index is 2.05. The Hall–Kier alpha value is -1.59. The van der Waals surface area contributed by atoms with Crippen molar-refractivity contribution in [1.82, 2.24) is 15.8 Å². The van der Waals surface area contributed by atoms with Crippen molar-refractivity contribution >= 4 is 23.5 Å². The number of urea groups is 1. The number of amides is 3. The Bertz CT molecular complexity index is 436. The van der Waals surface area contributed by atoms with Crippen LogP contribution in [0.2, 0.25) is 5.02 Å². The Morgan fingerprint density at radius 3 is 2.88 bits per heavy atom. The topological polar surface area (TPSA) is 61.4 Å². The van der Waals surface area contributed by atoms with Gasteiger partial charge in [0.05, 0.1) is 13.1 Å². The number of rotatable bonds is 2. The standard InChI is InChI=1S/C10H10ClN3O2/c11-8-3-1-2-7(4-8)6-14-10(16)13-9(15)5-12-14/h1-4,12H,5-6H2,(H,13,15,16). The van der Waals surface area contributed by atoms with Gasteiger partial charge in [0, 0.05) is 5.02 Å². The Kier molecular flexibility index (Phi) is 3.07. The van der Waals surface area contributed by atoms with Crippen LogP contribution in [0.25, 0.3) is 0 Å². The molecule has 0 saturated carbocycles. The van der Waals surface area contributed by atoms with E-state index in [9.17, 15) is 9.59 Å². The molecule has 0 atom stereocenters. The van der Waals surface area contributed by atoms with Crippen LogP contribution >= 0.6 is 11.6 Å². The third-order valence-electron chi connectivity index (χ3n) is 2.15. The van der Waals surface area contributed by atoms with Crippen LogP contribution < -0.4 is 10.7 Å². The molecule has 0 bridgehead atoms. The fourth-order valence-corrected chi connectivity index (χ4v) is 1.63. The molecule has 2 N–H and O–H groups in total. The molecule has 1 fully saturated rings. The molecular formula is C10H10ClN3O2. The van der Waals surface area contributed by atoms with Gasteiger partial charge in [0.2, 0.25) is 5.91 Å². The van der Waals surface area contributed by atoms with Gasteiger partial charge in [-0.05, 0) is 17.7 Å². The van der Waals surface area contributed by atoms with Gasteiger partial charge < -0.3 is 0 Å². The third kappa shape index (κ3) is 2.50. The lowest BCUT2D eigenvalue weighted by atomic mass is 10.2. The number of nitrogens with one attached hydrogen (secondary N) is 2. The second-order valence-corrected chi connectivity index (χ2v) is 3.84. The smallest absolute Gasteiger partial charge is 0.276 e. The number of hydrazine groups is 1. The third-order valence-corrected chi connectivity index (χ3v) is 2.39. The average molecular weight is 240 g/mol. The van der Waals surface area contributed by atoms with Gasteiger partial charge in [-0.3, -0.25) is 15.1 Å². The second kappa shape index (κ2) is 4.51. The van der Waals surface area contributed by atoms with Crippen LogP contribution in [0.3, 0.4) is 0 Å². The molecule has 0 unspecified atom stereocenters. The summed E-state index contributed by atoms with van der Waals surface area (Å²) in [5.41, 5.74) is 3.61. The van der Waals surface area contributed by atoms with Gasteiger partial charge in [0.25, 0.3) is 0 Å². The summed E-state index contributed by atoms with van der Waals surface area (Å²) in [5, 5.41) is 4.17. The Labute approximate surface area is 97.3 Å². The minimum Gasteiger partial charge on any atom is -0.276 e. The SMILES string of the molecule is O=C1CNN(Cc2cccc(Cl)c2)C(=O)N1. The van der Waals surface area contributed by atoms with E-state index in [4.69, 9.17) is 11.6 Å². The van der Waals surface area contributed by atoms with Crippen molar-refractivity contribution in [2.45, 2.75) is 6.54 Å². The van der Waals surface area contributed by atoms with Crippen molar-refractivity contribution in [3.05, 3.63) is 34.9 Å². The van der Waals surface area contributed by atoms with E-state index in [-0.39, 0.29) is 12.5 Å². The minimum atomic E-state index is -0.448. The highest BCUT2D eigenvalue weighted by Crippen LogP contribution is 2.12. The number of halogens is 1. The first-order chi connectivity index (χ1) is 7.65. The van der Waals surface area contributed by atoms with E-state index >= 15 is 0 Å². The zero-order chi connectivity index (χ0) is 11.5. The molecule has 16 heavy (non-hydrogen) atoms. The zero-order valence-electron chi connectivity index (χ0n) is 8.37. The molecule has 1 saturated heterocycles. The van der Waals surface area contributed by atoms with Gasteiger partial charge in [0.1, 0.15) is 0 Å². The van der Waals surface area contributed by atoms with Gasteiger partial charge in [-0.25, -0.2) is 10.2 Å². The predicted molar refractivity (Wildman–Crippen MR) is 58.5 cm³/mol. The zero-order valence-corrected chi connectivity index (χ0v) is 9.12. The highest BCUT2D eigenvalue weighted by molar-refractivity contribution is 6.30. The second-order valence-electron chi connectivity index (χ2n) is 3.40. The van der Waals surface area contributed by atoms with Crippen molar-refractivity contribution < 1.29 is 9.59 Å². The molecule has 5 nitrogen and oxygen atoms in total. The lowest BCUT2D eigenvalue weighted by molar-refractivity contribution is -0.121. The average Bonchev–Trinajstić information content (AvgIpc) is 2.22. The van der Waals surface area contributed by atoms with E-state index in [0.29, 0.717) is 11.6 Å². The van der Waals surface area contributed by atoms with E-state index < -0.39 is 6.03 Å².